The van der Waals surface area contributed by atoms with Crippen LogP contribution in [0.5, 0.6) is 0 Å². The lowest BCUT2D eigenvalue weighted by molar-refractivity contribution is -0.122. The minimum atomic E-state index is -1.79. The van der Waals surface area contributed by atoms with Crippen molar-refractivity contribution in [2.45, 2.75) is 18.0 Å². The highest BCUT2D eigenvalue weighted by molar-refractivity contribution is 6.27. The summed E-state index contributed by atoms with van der Waals surface area (Å²) in [4.78, 5) is 11.4. The number of alkyl halides is 2. The van der Waals surface area contributed by atoms with Gasteiger partial charge in [0.25, 0.3) is 0 Å². The maximum atomic E-state index is 13.0. The molecule has 4 heteroatoms. The van der Waals surface area contributed by atoms with E-state index >= 15 is 0 Å². The lowest BCUT2D eigenvalue weighted by Gasteiger charge is -2.04. The Morgan fingerprint density at radius 2 is 2.12 bits per heavy atom. The van der Waals surface area contributed by atoms with Crippen molar-refractivity contribution in [3.8, 4) is 0 Å². The fraction of sp³-hybridized carbons (Fsp3) is 0.417. The van der Waals surface area contributed by atoms with Crippen molar-refractivity contribution in [3.63, 3.8) is 0 Å². The third-order valence-corrected chi connectivity index (χ3v) is 3.12. The van der Waals surface area contributed by atoms with E-state index in [9.17, 15) is 9.18 Å². The second-order valence-electron chi connectivity index (χ2n) is 4.04. The molecule has 2 rings (SSSR count). The van der Waals surface area contributed by atoms with Crippen LogP contribution in [0, 0.1) is 5.92 Å². The number of amides is 1. The number of hydrogen-bond acceptors (Lipinski definition) is 1. The highest BCUT2D eigenvalue weighted by Gasteiger charge is 2.58. The second-order valence-corrected chi connectivity index (χ2v) is 4.67. The highest BCUT2D eigenvalue weighted by Crippen LogP contribution is 2.50. The van der Waals surface area contributed by atoms with Crippen molar-refractivity contribution in [3.05, 3.63) is 35.9 Å². The van der Waals surface area contributed by atoms with Gasteiger partial charge >= 0.3 is 0 Å². The topological polar surface area (TPSA) is 29.1 Å². The van der Waals surface area contributed by atoms with Crippen LogP contribution in [0.15, 0.2) is 30.3 Å². The molecule has 0 heterocycles. The summed E-state index contributed by atoms with van der Waals surface area (Å²) in [5.41, 5.74) is 1.15. The van der Waals surface area contributed by atoms with Gasteiger partial charge in [-0.2, -0.15) is 0 Å². The molecule has 86 valence electrons. The largest absolute Gasteiger partial charge is 0.355 e. The number of benzene rings is 1. The van der Waals surface area contributed by atoms with Gasteiger partial charge in [-0.25, -0.2) is 4.39 Å². The Morgan fingerprint density at radius 1 is 1.50 bits per heavy atom. The molecule has 16 heavy (non-hydrogen) atoms. The first-order chi connectivity index (χ1) is 7.59. The molecule has 2 atom stereocenters. The number of halogens is 2. The van der Waals surface area contributed by atoms with Gasteiger partial charge in [-0.15, -0.1) is 0 Å². The molecule has 2 nitrogen and oxygen atoms in total. The third kappa shape index (κ3) is 2.73. The van der Waals surface area contributed by atoms with Crippen molar-refractivity contribution in [1.29, 1.82) is 0 Å². The number of carbonyl (C=O) groups is 1. The van der Waals surface area contributed by atoms with Gasteiger partial charge in [-0.3, -0.25) is 4.79 Å². The number of hydrogen-bond donors (Lipinski definition) is 1. The minimum Gasteiger partial charge on any atom is -0.355 e. The molecule has 1 amide bonds. The van der Waals surface area contributed by atoms with E-state index in [4.69, 9.17) is 11.6 Å². The molecular formula is C12H13ClFNO. The van der Waals surface area contributed by atoms with Gasteiger partial charge in [-0.1, -0.05) is 41.9 Å². The van der Waals surface area contributed by atoms with Crippen molar-refractivity contribution in [2.75, 3.05) is 6.54 Å². The summed E-state index contributed by atoms with van der Waals surface area (Å²) in [7, 11) is 0. The summed E-state index contributed by atoms with van der Waals surface area (Å²) in [5.74, 6) is -0.946. The average Bonchev–Trinajstić information content (AvgIpc) is 2.89. The van der Waals surface area contributed by atoms with Gasteiger partial charge in [0, 0.05) is 13.0 Å². The van der Waals surface area contributed by atoms with Crippen molar-refractivity contribution in [2.24, 2.45) is 5.92 Å². The zero-order valence-electron chi connectivity index (χ0n) is 8.75. The van der Waals surface area contributed by atoms with E-state index in [1.807, 2.05) is 30.3 Å². The predicted octanol–water partition coefficient (Wildman–Crippen LogP) is 2.27. The quantitative estimate of drug-likeness (QED) is 0.805. The van der Waals surface area contributed by atoms with Gasteiger partial charge < -0.3 is 5.32 Å². The molecule has 1 N–H and O–H groups in total. The monoisotopic (exact) mass is 241 g/mol. The molecule has 1 aliphatic carbocycles. The molecule has 2 unspecified atom stereocenters. The molecule has 1 saturated carbocycles. The van der Waals surface area contributed by atoms with E-state index in [0.29, 0.717) is 6.54 Å². The molecule has 1 aromatic rings. The maximum absolute atomic E-state index is 13.0. The van der Waals surface area contributed by atoms with E-state index in [-0.39, 0.29) is 12.3 Å². The lowest BCUT2D eigenvalue weighted by Crippen LogP contribution is -2.28. The van der Waals surface area contributed by atoms with Gasteiger partial charge in [0.05, 0.1) is 5.92 Å². The summed E-state index contributed by atoms with van der Waals surface area (Å²) in [6, 6.07) is 9.82. The lowest BCUT2D eigenvalue weighted by atomic mass is 10.1. The van der Waals surface area contributed by atoms with Crippen LogP contribution >= 0.6 is 11.6 Å². The molecule has 1 aliphatic rings. The summed E-state index contributed by atoms with van der Waals surface area (Å²) >= 11 is 5.37. The fourth-order valence-electron chi connectivity index (χ4n) is 1.60. The Hall–Kier alpha value is -1.09. The van der Waals surface area contributed by atoms with E-state index < -0.39 is 11.0 Å². The molecule has 0 bridgehead atoms. The second kappa shape index (κ2) is 4.42. The third-order valence-electron chi connectivity index (χ3n) is 2.70. The Kier molecular flexibility index (Phi) is 3.15. The Balaban J connectivity index is 1.71. The van der Waals surface area contributed by atoms with Gasteiger partial charge in [0.1, 0.15) is 0 Å². The Bertz CT molecular complexity index is 380. The molecule has 1 aromatic carbocycles. The van der Waals surface area contributed by atoms with Crippen LogP contribution in [0.25, 0.3) is 0 Å². The standard InChI is InChI=1S/C12H13ClFNO/c13-12(14)8-10(12)11(16)15-7-6-9-4-2-1-3-5-9/h1-5,10H,6-8H2,(H,15,16). The summed E-state index contributed by atoms with van der Waals surface area (Å²) in [5, 5.41) is 0.891. The molecule has 0 aliphatic heterocycles. The molecular weight excluding hydrogens is 229 g/mol. The maximum Gasteiger partial charge on any atom is 0.227 e. The zero-order chi connectivity index (χ0) is 11.6. The van der Waals surface area contributed by atoms with E-state index in [1.54, 1.807) is 0 Å². The van der Waals surface area contributed by atoms with Crippen LogP contribution in [0.4, 0.5) is 4.39 Å². The van der Waals surface area contributed by atoms with Crippen LogP contribution in [0.3, 0.4) is 0 Å². The van der Waals surface area contributed by atoms with Crippen LogP contribution < -0.4 is 5.32 Å². The number of rotatable bonds is 4. The molecule has 1 fully saturated rings. The van der Waals surface area contributed by atoms with Crippen LogP contribution in [-0.4, -0.2) is 17.6 Å². The number of carbonyl (C=O) groups excluding carboxylic acids is 1. The smallest absolute Gasteiger partial charge is 0.227 e. The van der Waals surface area contributed by atoms with Crippen molar-refractivity contribution >= 4 is 17.5 Å². The average molecular weight is 242 g/mol. The first-order valence-electron chi connectivity index (χ1n) is 5.29. The van der Waals surface area contributed by atoms with E-state index in [1.165, 1.54) is 0 Å². The Labute approximate surface area is 98.8 Å². The summed E-state index contributed by atoms with van der Waals surface area (Å²) in [6.07, 6.45) is 0.882. The summed E-state index contributed by atoms with van der Waals surface area (Å²) in [6.45, 7) is 0.520. The van der Waals surface area contributed by atoms with Gasteiger partial charge in [0.2, 0.25) is 5.91 Å². The molecule has 0 saturated heterocycles. The van der Waals surface area contributed by atoms with Crippen LogP contribution in [-0.2, 0) is 11.2 Å². The van der Waals surface area contributed by atoms with Crippen molar-refractivity contribution in [1.82, 2.24) is 5.32 Å². The molecule has 0 spiro atoms. The van der Waals surface area contributed by atoms with E-state index in [2.05, 4.69) is 5.32 Å². The minimum absolute atomic E-state index is 0.131. The van der Waals surface area contributed by atoms with Gasteiger partial charge in [-0.05, 0) is 12.0 Å². The SMILES string of the molecule is O=C(NCCc1ccccc1)C1CC1(F)Cl. The first-order valence-corrected chi connectivity index (χ1v) is 5.67. The number of nitrogens with one attached hydrogen (secondary N) is 1. The molecule has 0 radical (unpaired) electrons. The first kappa shape index (κ1) is 11.4. The molecule has 0 aromatic heterocycles. The summed E-state index contributed by atoms with van der Waals surface area (Å²) < 4.78 is 13.0. The normalized spacial score (nSPS) is 27.5. The predicted molar refractivity (Wildman–Crippen MR) is 61.0 cm³/mol. The zero-order valence-corrected chi connectivity index (χ0v) is 9.51. The van der Waals surface area contributed by atoms with Crippen molar-refractivity contribution < 1.29 is 9.18 Å². The Morgan fingerprint density at radius 3 is 2.69 bits per heavy atom. The highest BCUT2D eigenvalue weighted by atomic mass is 35.5. The van der Waals surface area contributed by atoms with Crippen LogP contribution in [0.2, 0.25) is 0 Å². The van der Waals surface area contributed by atoms with E-state index in [0.717, 1.165) is 12.0 Å². The fourth-order valence-corrected chi connectivity index (χ4v) is 1.85. The van der Waals surface area contributed by atoms with Crippen LogP contribution in [0.1, 0.15) is 12.0 Å². The van der Waals surface area contributed by atoms with Gasteiger partial charge in [0.15, 0.2) is 5.13 Å².